The molecule has 1 aromatic carbocycles. The highest BCUT2D eigenvalue weighted by atomic mass is 16.6. The number of nitrogens with one attached hydrogen (secondary N) is 1. The molecule has 1 heterocycles. The number of nitro groups is 1. The van der Waals surface area contributed by atoms with Crippen molar-refractivity contribution in [3.8, 4) is 6.07 Å². The van der Waals surface area contributed by atoms with E-state index in [1.807, 2.05) is 12.1 Å². The van der Waals surface area contributed by atoms with Crippen molar-refractivity contribution >= 4 is 11.5 Å². The van der Waals surface area contributed by atoms with Crippen molar-refractivity contribution in [1.29, 1.82) is 5.26 Å². The first-order valence-electron chi connectivity index (χ1n) is 5.51. The molecule has 0 radical (unpaired) electrons. The van der Waals surface area contributed by atoms with Crippen LogP contribution in [0.15, 0.2) is 30.5 Å². The van der Waals surface area contributed by atoms with Gasteiger partial charge in [0.1, 0.15) is 6.20 Å². The van der Waals surface area contributed by atoms with Crippen molar-refractivity contribution in [3.05, 3.63) is 51.7 Å². The molecule has 0 bridgehead atoms. The molecule has 1 N–H and O–H groups in total. The summed E-state index contributed by atoms with van der Waals surface area (Å²) in [4.78, 5) is 10.3. The Morgan fingerprint density at radius 2 is 2.37 bits per heavy atom. The number of rotatable bonds is 4. The molecule has 0 saturated carbocycles. The summed E-state index contributed by atoms with van der Waals surface area (Å²) < 4.78 is 1.38. The molecule has 7 nitrogen and oxygen atoms in total. The number of benzene rings is 1. The summed E-state index contributed by atoms with van der Waals surface area (Å²) in [5, 5.41) is 26.5. The summed E-state index contributed by atoms with van der Waals surface area (Å²) in [6.07, 6.45) is 1.34. The zero-order chi connectivity index (χ0) is 13.8. The van der Waals surface area contributed by atoms with Gasteiger partial charge in [0.05, 0.1) is 16.6 Å². The highest BCUT2D eigenvalue weighted by molar-refractivity contribution is 5.54. The normalized spacial score (nSPS) is 9.89. The second kappa shape index (κ2) is 5.18. The average Bonchev–Trinajstić information content (AvgIpc) is 2.78. The molecule has 96 valence electrons. The minimum Gasteiger partial charge on any atom is -0.359 e. The third kappa shape index (κ3) is 2.87. The van der Waals surface area contributed by atoms with Gasteiger partial charge in [-0.2, -0.15) is 5.26 Å². The zero-order valence-electron chi connectivity index (χ0n) is 10.2. The molecule has 1 aromatic heterocycles. The molecule has 2 aromatic rings. The van der Waals surface area contributed by atoms with E-state index in [1.54, 1.807) is 25.2 Å². The molecular weight excluding hydrogens is 246 g/mol. The first kappa shape index (κ1) is 12.6. The molecule has 0 amide bonds. The highest BCUT2D eigenvalue weighted by Gasteiger charge is 2.17. The van der Waals surface area contributed by atoms with E-state index >= 15 is 0 Å². The van der Waals surface area contributed by atoms with Crippen LogP contribution in [0.25, 0.3) is 0 Å². The van der Waals surface area contributed by atoms with E-state index in [-0.39, 0.29) is 11.5 Å². The number of aryl methyl sites for hydroxylation is 1. The fraction of sp³-hybridized carbons (Fsp3) is 0.167. The predicted molar refractivity (Wildman–Crippen MR) is 68.3 cm³/mol. The second-order valence-corrected chi connectivity index (χ2v) is 3.96. The van der Waals surface area contributed by atoms with E-state index in [9.17, 15) is 10.1 Å². The Hall–Kier alpha value is -2.88. The maximum absolute atomic E-state index is 10.8. The molecule has 0 unspecified atom stereocenters. The van der Waals surface area contributed by atoms with Crippen LogP contribution in [0.5, 0.6) is 0 Å². The number of nitrogens with zero attached hydrogens (tertiary/aromatic N) is 4. The Morgan fingerprint density at radius 3 is 3.05 bits per heavy atom. The number of anilines is 1. The van der Waals surface area contributed by atoms with Gasteiger partial charge >= 0.3 is 5.69 Å². The van der Waals surface area contributed by atoms with Gasteiger partial charge in [-0.05, 0) is 17.7 Å². The molecule has 7 heteroatoms. The molecule has 0 saturated heterocycles. The predicted octanol–water partition coefficient (Wildman–Crippen LogP) is 1.81. The third-order valence-corrected chi connectivity index (χ3v) is 2.52. The van der Waals surface area contributed by atoms with Crippen LogP contribution >= 0.6 is 0 Å². The van der Waals surface area contributed by atoms with Crippen molar-refractivity contribution in [2.45, 2.75) is 6.54 Å². The molecule has 19 heavy (non-hydrogen) atoms. The quantitative estimate of drug-likeness (QED) is 0.665. The van der Waals surface area contributed by atoms with Crippen LogP contribution in [0, 0.1) is 21.4 Å². The van der Waals surface area contributed by atoms with Crippen LogP contribution in [0.2, 0.25) is 0 Å². The van der Waals surface area contributed by atoms with E-state index in [0.717, 1.165) is 5.56 Å². The molecule has 0 aliphatic carbocycles. The van der Waals surface area contributed by atoms with Crippen molar-refractivity contribution in [2.75, 3.05) is 5.32 Å². The lowest BCUT2D eigenvalue weighted by atomic mass is 10.1. The monoisotopic (exact) mass is 257 g/mol. The van der Waals surface area contributed by atoms with E-state index in [2.05, 4.69) is 10.4 Å². The minimum absolute atomic E-state index is 0.0704. The van der Waals surface area contributed by atoms with Crippen molar-refractivity contribution in [2.24, 2.45) is 7.05 Å². The average molecular weight is 257 g/mol. The summed E-state index contributed by atoms with van der Waals surface area (Å²) in [6, 6.07) is 9.07. The van der Waals surface area contributed by atoms with Gasteiger partial charge in [-0.25, -0.2) is 0 Å². The van der Waals surface area contributed by atoms with Crippen LogP contribution in [-0.2, 0) is 13.6 Å². The SMILES string of the molecule is Cn1cc([N+](=O)[O-])c(NCc2cccc(C#N)c2)n1. The van der Waals surface area contributed by atoms with Gasteiger partial charge in [0, 0.05) is 13.6 Å². The van der Waals surface area contributed by atoms with Gasteiger partial charge in [-0.3, -0.25) is 14.8 Å². The maximum atomic E-state index is 10.8. The molecular formula is C12H11N5O2. The third-order valence-electron chi connectivity index (χ3n) is 2.52. The standard InChI is InChI=1S/C12H11N5O2/c1-16-8-11(17(18)19)12(15-16)14-7-10-4-2-3-9(5-10)6-13/h2-5,8H,7H2,1H3,(H,14,15). The Balaban J connectivity index is 2.14. The summed E-state index contributed by atoms with van der Waals surface area (Å²) in [6.45, 7) is 0.368. The number of aromatic nitrogens is 2. The lowest BCUT2D eigenvalue weighted by Gasteiger charge is -2.03. The molecule has 0 aliphatic heterocycles. The van der Waals surface area contributed by atoms with Crippen LogP contribution in [0.1, 0.15) is 11.1 Å². The molecule has 0 aliphatic rings. The summed E-state index contributed by atoms with van der Waals surface area (Å²) in [5.74, 6) is 0.217. The van der Waals surface area contributed by atoms with E-state index in [0.29, 0.717) is 12.1 Å². The fourth-order valence-electron chi connectivity index (χ4n) is 1.67. The van der Waals surface area contributed by atoms with Gasteiger partial charge < -0.3 is 5.32 Å². The first-order chi connectivity index (χ1) is 9.10. The number of nitriles is 1. The van der Waals surface area contributed by atoms with Crippen molar-refractivity contribution in [1.82, 2.24) is 9.78 Å². The number of hydrogen-bond donors (Lipinski definition) is 1. The van der Waals surface area contributed by atoms with Crippen LogP contribution in [0.4, 0.5) is 11.5 Å². The summed E-state index contributed by atoms with van der Waals surface area (Å²) in [5.41, 5.74) is 1.34. The van der Waals surface area contributed by atoms with Crippen LogP contribution in [0.3, 0.4) is 0 Å². The van der Waals surface area contributed by atoms with Crippen molar-refractivity contribution in [3.63, 3.8) is 0 Å². The Morgan fingerprint density at radius 1 is 1.58 bits per heavy atom. The molecule has 2 rings (SSSR count). The first-order valence-corrected chi connectivity index (χ1v) is 5.51. The maximum Gasteiger partial charge on any atom is 0.330 e. The van der Waals surface area contributed by atoms with E-state index < -0.39 is 4.92 Å². The van der Waals surface area contributed by atoms with Gasteiger partial charge in [0.25, 0.3) is 0 Å². The van der Waals surface area contributed by atoms with Crippen LogP contribution < -0.4 is 5.32 Å². The zero-order valence-corrected chi connectivity index (χ0v) is 10.2. The molecule has 0 spiro atoms. The van der Waals surface area contributed by atoms with E-state index in [4.69, 9.17) is 5.26 Å². The topological polar surface area (TPSA) is 96.8 Å². The van der Waals surface area contributed by atoms with Gasteiger partial charge in [-0.1, -0.05) is 12.1 Å². The molecule has 0 atom stereocenters. The summed E-state index contributed by atoms with van der Waals surface area (Å²) in [7, 11) is 1.62. The molecule has 0 fully saturated rings. The second-order valence-electron chi connectivity index (χ2n) is 3.96. The smallest absolute Gasteiger partial charge is 0.330 e. The Labute approximate surface area is 109 Å². The largest absolute Gasteiger partial charge is 0.359 e. The van der Waals surface area contributed by atoms with Gasteiger partial charge in [-0.15, -0.1) is 5.10 Å². The lowest BCUT2D eigenvalue weighted by molar-refractivity contribution is -0.384. The Bertz CT molecular complexity index is 656. The summed E-state index contributed by atoms with van der Waals surface area (Å²) >= 11 is 0. The van der Waals surface area contributed by atoms with E-state index in [1.165, 1.54) is 10.9 Å². The van der Waals surface area contributed by atoms with Crippen molar-refractivity contribution < 1.29 is 4.92 Å². The van der Waals surface area contributed by atoms with Gasteiger partial charge in [0.15, 0.2) is 0 Å². The Kier molecular flexibility index (Phi) is 3.43. The number of hydrogen-bond acceptors (Lipinski definition) is 5. The van der Waals surface area contributed by atoms with Gasteiger partial charge in [0.2, 0.25) is 5.82 Å². The lowest BCUT2D eigenvalue weighted by Crippen LogP contribution is -2.02. The minimum atomic E-state index is -0.485. The highest BCUT2D eigenvalue weighted by Crippen LogP contribution is 2.22. The fourth-order valence-corrected chi connectivity index (χ4v) is 1.67. The van der Waals surface area contributed by atoms with Crippen LogP contribution in [-0.4, -0.2) is 14.7 Å².